The van der Waals surface area contributed by atoms with E-state index >= 15 is 0 Å². The van der Waals surface area contributed by atoms with Crippen LogP contribution in [0.15, 0.2) is 30.3 Å². The van der Waals surface area contributed by atoms with Gasteiger partial charge in [0, 0.05) is 6.54 Å². The molecule has 1 rings (SSSR count). The number of hydrogen-bond acceptors (Lipinski definition) is 1. The van der Waals surface area contributed by atoms with Crippen molar-refractivity contribution in [3.8, 4) is 0 Å². The van der Waals surface area contributed by atoms with Gasteiger partial charge in [-0.25, -0.2) is 0 Å². The Morgan fingerprint density at radius 2 is 1.78 bits per heavy atom. The number of rotatable bonds is 1. The molecule has 0 saturated carbocycles. The van der Waals surface area contributed by atoms with Gasteiger partial charge in [-0.05, 0) is 5.56 Å². The minimum absolute atomic E-state index is 0. The smallest absolute Gasteiger partial charge is 1.00 e. The van der Waals surface area contributed by atoms with Crippen LogP contribution in [-0.2, 0) is 6.54 Å². The summed E-state index contributed by atoms with van der Waals surface area (Å²) in [6.45, 7) is 0.640. The third kappa shape index (κ3) is 3.01. The monoisotopic (exact) mass is 131 g/mol. The Morgan fingerprint density at radius 1 is 1.22 bits per heavy atom. The van der Waals surface area contributed by atoms with Crippen molar-refractivity contribution < 1.29 is 31.0 Å². The molecule has 2 heteroatoms. The maximum Gasteiger partial charge on any atom is 1.00 e. The molecule has 0 bridgehead atoms. The summed E-state index contributed by atoms with van der Waals surface area (Å²) in [7, 11) is 0. The normalized spacial score (nSPS) is 8.11. The van der Waals surface area contributed by atoms with Crippen molar-refractivity contribution in [3.63, 3.8) is 0 Å². The second-order valence-electron chi connectivity index (χ2n) is 1.69. The molecule has 0 amide bonds. The summed E-state index contributed by atoms with van der Waals surface area (Å²) in [5.41, 5.74) is 6.54. The van der Waals surface area contributed by atoms with Crippen LogP contribution in [0, 0.1) is 0 Å². The zero-order valence-corrected chi connectivity index (χ0v) is 7.67. The Balaban J connectivity index is 0. The number of benzene rings is 1. The van der Waals surface area contributed by atoms with E-state index in [0.717, 1.165) is 0 Å². The Labute approximate surface area is 79.0 Å². The summed E-state index contributed by atoms with van der Waals surface area (Å²) in [6.07, 6.45) is 0. The summed E-state index contributed by atoms with van der Waals surface area (Å²) in [4.78, 5) is 0. The molecular weight excluding hydrogens is 121 g/mol. The maximum atomic E-state index is 5.35. The quantitative estimate of drug-likeness (QED) is 0.450. The van der Waals surface area contributed by atoms with Gasteiger partial charge in [-0.1, -0.05) is 30.3 Å². The van der Waals surface area contributed by atoms with E-state index in [9.17, 15) is 0 Å². The summed E-state index contributed by atoms with van der Waals surface area (Å²) >= 11 is 0. The predicted molar refractivity (Wildman–Crippen MR) is 35.4 cm³/mol. The fourth-order valence-corrected chi connectivity index (χ4v) is 0.614. The first-order valence-electron chi connectivity index (χ1n) is 2.67. The van der Waals surface area contributed by atoms with Crippen LogP contribution < -0.4 is 35.3 Å². The number of hydrogen-bond donors (Lipinski definition) is 1. The molecule has 0 aliphatic carbocycles. The molecule has 9 heavy (non-hydrogen) atoms. The maximum absolute atomic E-state index is 5.35. The minimum Gasteiger partial charge on any atom is -1.00 e. The first-order chi connectivity index (χ1) is 3.93. The van der Waals surface area contributed by atoms with E-state index in [-0.39, 0.29) is 31.0 Å². The topological polar surface area (TPSA) is 26.0 Å². The molecule has 0 aliphatic rings. The molecule has 0 atom stereocenters. The van der Waals surface area contributed by atoms with E-state index in [1.165, 1.54) is 5.56 Å². The van der Waals surface area contributed by atoms with Gasteiger partial charge in [0.1, 0.15) is 0 Å². The standard InChI is InChI=1S/C7H9N.Na.H/c8-6-7-4-2-1-3-5-7;;/h1-5H,6,8H2;;/q;+1;-1. The molecule has 44 valence electrons. The van der Waals surface area contributed by atoms with Crippen molar-refractivity contribution in [1.29, 1.82) is 0 Å². The second-order valence-corrected chi connectivity index (χ2v) is 1.69. The van der Waals surface area contributed by atoms with Crippen LogP contribution in [0.1, 0.15) is 6.99 Å². The molecule has 0 heterocycles. The predicted octanol–water partition coefficient (Wildman–Crippen LogP) is -1.74. The first-order valence-corrected chi connectivity index (χ1v) is 2.67. The molecule has 1 aromatic rings. The van der Waals surface area contributed by atoms with Crippen LogP contribution in [0.2, 0.25) is 0 Å². The second kappa shape index (κ2) is 5.00. The molecule has 0 unspecified atom stereocenters. The van der Waals surface area contributed by atoms with Gasteiger partial charge in [0.25, 0.3) is 0 Å². The molecule has 0 fully saturated rings. The van der Waals surface area contributed by atoms with Crippen LogP contribution >= 0.6 is 0 Å². The van der Waals surface area contributed by atoms with E-state index in [1.807, 2.05) is 30.3 Å². The zero-order valence-electron chi connectivity index (χ0n) is 6.67. The van der Waals surface area contributed by atoms with Gasteiger partial charge in [-0.2, -0.15) is 0 Å². The Hall–Kier alpha value is 0.180. The van der Waals surface area contributed by atoms with E-state index in [4.69, 9.17) is 5.73 Å². The van der Waals surface area contributed by atoms with Crippen molar-refractivity contribution >= 4 is 0 Å². The SMILES string of the molecule is NCc1ccccc1.[H-].[Na+]. The van der Waals surface area contributed by atoms with Crippen LogP contribution in [0.5, 0.6) is 0 Å². The van der Waals surface area contributed by atoms with Gasteiger partial charge in [0.15, 0.2) is 0 Å². The van der Waals surface area contributed by atoms with Gasteiger partial charge in [-0.15, -0.1) is 0 Å². The largest absolute Gasteiger partial charge is 1.00 e. The average molecular weight is 131 g/mol. The zero-order chi connectivity index (χ0) is 5.82. The van der Waals surface area contributed by atoms with Crippen molar-refractivity contribution in [2.75, 3.05) is 0 Å². The van der Waals surface area contributed by atoms with Crippen LogP contribution in [0.3, 0.4) is 0 Å². The molecular formula is C7H10NNa. The van der Waals surface area contributed by atoms with Gasteiger partial charge in [0.2, 0.25) is 0 Å². The molecule has 0 spiro atoms. The van der Waals surface area contributed by atoms with E-state index in [2.05, 4.69) is 0 Å². The summed E-state index contributed by atoms with van der Waals surface area (Å²) in [6, 6.07) is 9.99. The van der Waals surface area contributed by atoms with Crippen LogP contribution in [0.25, 0.3) is 0 Å². The third-order valence-corrected chi connectivity index (χ3v) is 1.08. The Bertz CT molecular complexity index is 155. The van der Waals surface area contributed by atoms with Gasteiger partial charge in [-0.3, -0.25) is 0 Å². The van der Waals surface area contributed by atoms with Gasteiger partial charge >= 0.3 is 29.6 Å². The molecule has 0 aliphatic heterocycles. The van der Waals surface area contributed by atoms with E-state index in [1.54, 1.807) is 0 Å². The molecule has 0 saturated heterocycles. The average Bonchev–Trinajstić information content (AvgIpc) is 1.90. The van der Waals surface area contributed by atoms with Crippen molar-refractivity contribution in [2.45, 2.75) is 6.54 Å². The van der Waals surface area contributed by atoms with Crippen molar-refractivity contribution in [2.24, 2.45) is 5.73 Å². The van der Waals surface area contributed by atoms with Crippen LogP contribution in [-0.4, -0.2) is 0 Å². The van der Waals surface area contributed by atoms with Gasteiger partial charge < -0.3 is 7.16 Å². The fourth-order valence-electron chi connectivity index (χ4n) is 0.614. The fraction of sp³-hybridized carbons (Fsp3) is 0.143. The van der Waals surface area contributed by atoms with E-state index < -0.39 is 0 Å². The summed E-state index contributed by atoms with van der Waals surface area (Å²) < 4.78 is 0. The van der Waals surface area contributed by atoms with Gasteiger partial charge in [0.05, 0.1) is 0 Å². The third-order valence-electron chi connectivity index (χ3n) is 1.08. The molecule has 1 aromatic carbocycles. The first kappa shape index (κ1) is 9.18. The molecule has 0 aromatic heterocycles. The Kier molecular flexibility index (Phi) is 5.10. The minimum atomic E-state index is 0. The number of nitrogens with two attached hydrogens (primary N) is 1. The molecule has 1 nitrogen and oxygen atoms in total. The summed E-state index contributed by atoms with van der Waals surface area (Å²) in [5.74, 6) is 0. The van der Waals surface area contributed by atoms with E-state index in [0.29, 0.717) is 6.54 Å². The van der Waals surface area contributed by atoms with Crippen molar-refractivity contribution in [3.05, 3.63) is 35.9 Å². The summed E-state index contributed by atoms with van der Waals surface area (Å²) in [5, 5.41) is 0. The molecule has 2 N–H and O–H groups in total. The van der Waals surface area contributed by atoms with Crippen LogP contribution in [0.4, 0.5) is 0 Å². The van der Waals surface area contributed by atoms with Crippen molar-refractivity contribution in [1.82, 2.24) is 0 Å². The Morgan fingerprint density at radius 3 is 2.11 bits per heavy atom. The molecule has 0 radical (unpaired) electrons.